The van der Waals surface area contributed by atoms with Gasteiger partial charge >= 0.3 is 0 Å². The van der Waals surface area contributed by atoms with E-state index in [1.54, 1.807) is 6.07 Å². The molecule has 2 N–H and O–H groups in total. The molecule has 0 aliphatic rings. The average molecular weight is 223 g/mol. The van der Waals surface area contributed by atoms with E-state index in [4.69, 9.17) is 10.2 Å². The van der Waals surface area contributed by atoms with Gasteiger partial charge in [0.1, 0.15) is 6.10 Å². The molecule has 1 aromatic heterocycles. The maximum absolute atomic E-state index is 9.08. The quantitative estimate of drug-likeness (QED) is 0.798. The van der Waals surface area contributed by atoms with Crippen LogP contribution in [0.4, 0.5) is 0 Å². The Kier molecular flexibility index (Phi) is 2.85. The zero-order valence-electron chi connectivity index (χ0n) is 5.12. The van der Waals surface area contributed by atoms with E-state index in [1.807, 2.05) is 6.07 Å². The highest BCUT2D eigenvalue weighted by molar-refractivity contribution is 9.11. The van der Waals surface area contributed by atoms with Crippen molar-refractivity contribution in [3.8, 4) is 0 Å². The third-order valence-corrected chi connectivity index (χ3v) is 2.82. The van der Waals surface area contributed by atoms with Crippen molar-refractivity contribution in [2.24, 2.45) is 0 Å². The molecule has 0 fully saturated rings. The van der Waals surface area contributed by atoms with Crippen molar-refractivity contribution in [2.45, 2.75) is 6.10 Å². The van der Waals surface area contributed by atoms with E-state index in [0.717, 1.165) is 8.66 Å². The Morgan fingerprint density at radius 2 is 2.30 bits per heavy atom. The number of aliphatic hydroxyl groups excluding tert-OH is 2. The summed E-state index contributed by atoms with van der Waals surface area (Å²) >= 11 is 4.68. The molecule has 0 spiro atoms. The molecule has 1 atom stereocenters. The highest BCUT2D eigenvalue weighted by atomic mass is 79.9. The van der Waals surface area contributed by atoms with E-state index >= 15 is 0 Å². The van der Waals surface area contributed by atoms with Crippen LogP contribution in [-0.2, 0) is 0 Å². The van der Waals surface area contributed by atoms with Crippen molar-refractivity contribution < 1.29 is 10.2 Å². The fraction of sp³-hybridized carbons (Fsp3) is 0.333. The summed E-state index contributed by atoms with van der Waals surface area (Å²) in [6, 6.07) is 3.63. The average Bonchev–Trinajstić information content (AvgIpc) is 2.34. The molecule has 0 saturated carbocycles. The first kappa shape index (κ1) is 8.20. The molecule has 0 amide bonds. The SMILES string of the molecule is OCC(O)c1ccc(Br)s1. The van der Waals surface area contributed by atoms with E-state index in [9.17, 15) is 0 Å². The summed E-state index contributed by atoms with van der Waals surface area (Å²) in [7, 11) is 0. The van der Waals surface area contributed by atoms with Gasteiger partial charge in [0, 0.05) is 4.88 Å². The van der Waals surface area contributed by atoms with Gasteiger partial charge in [0.15, 0.2) is 0 Å². The third-order valence-electron chi connectivity index (χ3n) is 1.10. The topological polar surface area (TPSA) is 40.5 Å². The lowest BCUT2D eigenvalue weighted by Crippen LogP contribution is -1.98. The van der Waals surface area contributed by atoms with Gasteiger partial charge in [-0.05, 0) is 28.1 Å². The molecule has 0 radical (unpaired) electrons. The number of hydrogen-bond acceptors (Lipinski definition) is 3. The molecule has 1 aromatic rings. The largest absolute Gasteiger partial charge is 0.393 e. The van der Waals surface area contributed by atoms with Crippen LogP contribution < -0.4 is 0 Å². The monoisotopic (exact) mass is 222 g/mol. The molecular weight excluding hydrogens is 216 g/mol. The minimum Gasteiger partial charge on any atom is -0.393 e. The number of rotatable bonds is 2. The molecule has 0 aromatic carbocycles. The molecule has 4 heteroatoms. The Labute approximate surface area is 71.3 Å². The maximum Gasteiger partial charge on any atom is 0.111 e. The van der Waals surface area contributed by atoms with Crippen LogP contribution in [0.2, 0.25) is 0 Å². The summed E-state index contributed by atoms with van der Waals surface area (Å²) in [4.78, 5) is 0.786. The predicted octanol–water partition coefficient (Wildman–Crippen LogP) is 1.54. The smallest absolute Gasteiger partial charge is 0.111 e. The van der Waals surface area contributed by atoms with Crippen LogP contribution in [0.5, 0.6) is 0 Å². The minimum atomic E-state index is -0.726. The van der Waals surface area contributed by atoms with Crippen LogP contribution in [0.3, 0.4) is 0 Å². The Bertz CT molecular complexity index is 211. The van der Waals surface area contributed by atoms with Crippen molar-refractivity contribution >= 4 is 27.3 Å². The normalized spacial score (nSPS) is 13.5. The van der Waals surface area contributed by atoms with Gasteiger partial charge < -0.3 is 10.2 Å². The van der Waals surface area contributed by atoms with E-state index in [-0.39, 0.29) is 6.61 Å². The zero-order chi connectivity index (χ0) is 7.56. The second-order valence-electron chi connectivity index (χ2n) is 1.84. The van der Waals surface area contributed by atoms with Crippen molar-refractivity contribution in [1.29, 1.82) is 0 Å². The molecule has 1 unspecified atom stereocenters. The molecule has 0 aliphatic carbocycles. The molecule has 0 bridgehead atoms. The fourth-order valence-corrected chi connectivity index (χ4v) is 2.00. The van der Waals surface area contributed by atoms with Crippen LogP contribution >= 0.6 is 27.3 Å². The highest BCUT2D eigenvalue weighted by Gasteiger charge is 2.07. The van der Waals surface area contributed by atoms with Crippen LogP contribution in [0.25, 0.3) is 0 Å². The summed E-state index contributed by atoms with van der Waals surface area (Å²) in [5, 5.41) is 17.6. The summed E-state index contributed by atoms with van der Waals surface area (Å²) in [6.07, 6.45) is -0.726. The fourth-order valence-electron chi connectivity index (χ4n) is 0.597. The molecule has 0 saturated heterocycles. The second kappa shape index (κ2) is 3.48. The lowest BCUT2D eigenvalue weighted by molar-refractivity contribution is 0.0984. The zero-order valence-corrected chi connectivity index (χ0v) is 7.52. The first-order valence-corrected chi connectivity index (χ1v) is 4.39. The lowest BCUT2D eigenvalue weighted by Gasteiger charge is -2.00. The van der Waals surface area contributed by atoms with Crippen LogP contribution in [0, 0.1) is 0 Å². The van der Waals surface area contributed by atoms with Crippen molar-refractivity contribution in [3.05, 3.63) is 20.8 Å². The standard InChI is InChI=1S/C6H7BrO2S/c7-6-2-1-5(10-6)4(9)3-8/h1-2,4,8-9H,3H2. The van der Waals surface area contributed by atoms with Gasteiger partial charge in [0.2, 0.25) is 0 Å². The Morgan fingerprint density at radius 1 is 1.60 bits per heavy atom. The Morgan fingerprint density at radius 3 is 2.70 bits per heavy atom. The van der Waals surface area contributed by atoms with Crippen molar-refractivity contribution in [3.63, 3.8) is 0 Å². The van der Waals surface area contributed by atoms with E-state index in [0.29, 0.717) is 0 Å². The van der Waals surface area contributed by atoms with E-state index in [2.05, 4.69) is 15.9 Å². The molecule has 0 aliphatic heterocycles. The number of halogens is 1. The van der Waals surface area contributed by atoms with Gasteiger partial charge in [-0.3, -0.25) is 0 Å². The molecule has 2 nitrogen and oxygen atoms in total. The molecule has 56 valence electrons. The second-order valence-corrected chi connectivity index (χ2v) is 4.33. The first-order valence-electron chi connectivity index (χ1n) is 2.78. The maximum atomic E-state index is 9.08. The molecule has 1 heterocycles. The number of thiophene rings is 1. The van der Waals surface area contributed by atoms with Crippen LogP contribution in [0.1, 0.15) is 11.0 Å². The van der Waals surface area contributed by atoms with Gasteiger partial charge in [-0.25, -0.2) is 0 Å². The molecule has 1 rings (SSSR count). The molecule has 10 heavy (non-hydrogen) atoms. The van der Waals surface area contributed by atoms with Crippen molar-refractivity contribution in [2.75, 3.05) is 6.61 Å². The Balaban J connectivity index is 2.74. The van der Waals surface area contributed by atoms with Gasteiger partial charge in [-0.1, -0.05) is 0 Å². The summed E-state index contributed by atoms with van der Waals surface area (Å²) in [5.74, 6) is 0. The summed E-state index contributed by atoms with van der Waals surface area (Å²) in [5.41, 5.74) is 0. The number of hydrogen-bond donors (Lipinski definition) is 2. The van der Waals surface area contributed by atoms with Gasteiger partial charge in [-0.2, -0.15) is 0 Å². The highest BCUT2D eigenvalue weighted by Crippen LogP contribution is 2.26. The summed E-state index contributed by atoms with van der Waals surface area (Å²) in [6.45, 7) is -0.215. The lowest BCUT2D eigenvalue weighted by atomic mass is 10.3. The minimum absolute atomic E-state index is 0.215. The van der Waals surface area contributed by atoms with Crippen molar-refractivity contribution in [1.82, 2.24) is 0 Å². The first-order chi connectivity index (χ1) is 4.74. The third kappa shape index (κ3) is 1.79. The Hall–Kier alpha value is 0.1000. The molecular formula is C6H7BrO2S. The van der Waals surface area contributed by atoms with Gasteiger partial charge in [-0.15, -0.1) is 11.3 Å². The van der Waals surface area contributed by atoms with E-state index in [1.165, 1.54) is 11.3 Å². The van der Waals surface area contributed by atoms with Crippen LogP contribution in [0.15, 0.2) is 15.9 Å². The summed E-state index contributed by atoms with van der Waals surface area (Å²) < 4.78 is 0.968. The van der Waals surface area contributed by atoms with Gasteiger partial charge in [0.25, 0.3) is 0 Å². The number of aliphatic hydroxyl groups is 2. The van der Waals surface area contributed by atoms with Crippen LogP contribution in [-0.4, -0.2) is 16.8 Å². The van der Waals surface area contributed by atoms with E-state index < -0.39 is 6.10 Å². The van der Waals surface area contributed by atoms with Gasteiger partial charge in [0.05, 0.1) is 10.4 Å². The predicted molar refractivity (Wildman–Crippen MR) is 44.1 cm³/mol.